The van der Waals surface area contributed by atoms with Crippen LogP contribution in [0.1, 0.15) is 69.2 Å². The monoisotopic (exact) mass is 567 g/mol. The number of rotatable bonds is 13. The van der Waals surface area contributed by atoms with Crippen molar-refractivity contribution in [3.63, 3.8) is 0 Å². The molecule has 0 saturated carbocycles. The number of carbonyl (C=O) groups excluding carboxylic acids is 1. The normalized spacial score (nSPS) is 12.7. The van der Waals surface area contributed by atoms with Crippen molar-refractivity contribution in [1.29, 1.82) is 0 Å². The van der Waals surface area contributed by atoms with Crippen LogP contribution in [0, 0.1) is 6.92 Å². The lowest BCUT2D eigenvalue weighted by molar-refractivity contribution is 0.0953. The first-order valence-electron chi connectivity index (χ1n) is 13.7. The predicted octanol–water partition coefficient (Wildman–Crippen LogP) is 9.17. The summed E-state index contributed by atoms with van der Waals surface area (Å²) in [4.78, 5) is 27.4. The van der Waals surface area contributed by atoms with Crippen molar-refractivity contribution < 1.29 is 4.79 Å². The second-order valence-corrected chi connectivity index (χ2v) is 11.5. The number of nitrogens with one attached hydrogen (secondary N) is 3. The summed E-state index contributed by atoms with van der Waals surface area (Å²) in [7, 11) is 0. The molecule has 7 heteroatoms. The van der Waals surface area contributed by atoms with Crippen molar-refractivity contribution in [2.75, 3.05) is 11.9 Å². The molecule has 3 aromatic rings. The minimum absolute atomic E-state index is 0.173. The molecule has 41 heavy (non-hydrogen) atoms. The van der Waals surface area contributed by atoms with Crippen LogP contribution in [0.15, 0.2) is 95.0 Å². The third kappa shape index (κ3) is 9.50. The third-order valence-electron chi connectivity index (χ3n) is 6.39. The van der Waals surface area contributed by atoms with E-state index in [1.807, 2.05) is 70.2 Å². The van der Waals surface area contributed by atoms with Crippen LogP contribution >= 0.6 is 11.8 Å². The summed E-state index contributed by atoms with van der Waals surface area (Å²) < 4.78 is 0. The fourth-order valence-electron chi connectivity index (χ4n) is 4.20. The highest BCUT2D eigenvalue weighted by Crippen LogP contribution is 2.28. The zero-order chi connectivity index (χ0) is 29.9. The Bertz CT molecular complexity index is 1550. The fourth-order valence-corrected chi connectivity index (χ4v) is 4.94. The molecule has 6 nitrogen and oxygen atoms in total. The molecule has 1 amide bonds. The van der Waals surface area contributed by atoms with E-state index in [4.69, 9.17) is 4.98 Å². The maximum absolute atomic E-state index is 12.9. The van der Waals surface area contributed by atoms with Gasteiger partial charge in [0, 0.05) is 34.2 Å². The summed E-state index contributed by atoms with van der Waals surface area (Å²) in [5.41, 5.74) is 7.60. The quantitative estimate of drug-likeness (QED) is 0.142. The highest BCUT2D eigenvalue weighted by Gasteiger charge is 2.13. The Hall–Kier alpha value is -4.10. The van der Waals surface area contributed by atoms with E-state index in [2.05, 4.69) is 59.8 Å². The number of carbonyl (C=O) groups is 1. The van der Waals surface area contributed by atoms with Crippen LogP contribution in [0.2, 0.25) is 0 Å². The first-order valence-corrected chi connectivity index (χ1v) is 14.6. The van der Waals surface area contributed by atoms with Gasteiger partial charge in [0.15, 0.2) is 0 Å². The number of aromatic amines is 1. The fraction of sp³-hybridized carbons (Fsp3) is 0.265. The third-order valence-corrected chi connectivity index (χ3v) is 7.28. The number of allylic oxidation sites excluding steroid dienone is 9. The maximum Gasteiger partial charge on any atom is 0.268 e. The Balaban J connectivity index is 1.75. The number of hydrogen-bond donors (Lipinski definition) is 3. The van der Waals surface area contributed by atoms with Crippen molar-refractivity contribution in [3.05, 3.63) is 112 Å². The summed E-state index contributed by atoms with van der Waals surface area (Å²) in [6, 6.07) is 7.82. The molecule has 0 aliphatic heterocycles. The molecule has 0 saturated heterocycles. The summed E-state index contributed by atoms with van der Waals surface area (Å²) in [6.07, 6.45) is 13.8. The summed E-state index contributed by atoms with van der Waals surface area (Å²) >= 11 is 1.56. The summed E-state index contributed by atoms with van der Waals surface area (Å²) in [5, 5.41) is 7.24. The highest BCUT2D eigenvalue weighted by molar-refractivity contribution is 8.06. The zero-order valence-electron chi connectivity index (χ0n) is 25.0. The van der Waals surface area contributed by atoms with Crippen LogP contribution < -0.4 is 10.6 Å². The molecular formula is C34H41N5OS. The van der Waals surface area contributed by atoms with E-state index in [0.717, 1.165) is 61.6 Å². The Morgan fingerprint density at radius 3 is 2.61 bits per heavy atom. The van der Waals surface area contributed by atoms with Gasteiger partial charge >= 0.3 is 0 Å². The average Bonchev–Trinajstić information content (AvgIpc) is 3.37. The van der Waals surface area contributed by atoms with Gasteiger partial charge in [-0.25, -0.2) is 9.97 Å². The van der Waals surface area contributed by atoms with Gasteiger partial charge in [-0.05, 0) is 94.7 Å². The van der Waals surface area contributed by atoms with E-state index in [9.17, 15) is 4.79 Å². The molecule has 0 radical (unpaired) electrons. The number of aromatic nitrogens is 3. The van der Waals surface area contributed by atoms with Gasteiger partial charge in [-0.1, -0.05) is 66.4 Å². The van der Waals surface area contributed by atoms with Gasteiger partial charge in [0.1, 0.15) is 5.69 Å². The Morgan fingerprint density at radius 1 is 1.12 bits per heavy atom. The van der Waals surface area contributed by atoms with Crippen LogP contribution in [-0.4, -0.2) is 27.4 Å². The lowest BCUT2D eigenvalue weighted by atomic mass is 10.0. The Labute approximate surface area is 248 Å². The van der Waals surface area contributed by atoms with Crippen LogP contribution in [-0.2, 0) is 0 Å². The highest BCUT2D eigenvalue weighted by atomic mass is 32.2. The molecule has 0 bridgehead atoms. The van der Waals surface area contributed by atoms with Crippen molar-refractivity contribution in [3.8, 4) is 0 Å². The first kappa shape index (κ1) is 31.4. The van der Waals surface area contributed by atoms with E-state index in [1.54, 1.807) is 18.0 Å². The SMILES string of the molecule is C=C(C)C=C(CCC(C)=CC)c1ccnc(Nc2cc(C)c3[nH]c(C(=O)NCC(=C)SC(C)=CC=CC)cc3c2)n1. The number of nitrogens with zero attached hydrogens (tertiary/aromatic N) is 2. The van der Waals surface area contributed by atoms with E-state index in [-0.39, 0.29) is 5.91 Å². The van der Waals surface area contributed by atoms with Crippen LogP contribution in [0.4, 0.5) is 11.6 Å². The van der Waals surface area contributed by atoms with Gasteiger partial charge in [-0.2, -0.15) is 0 Å². The lowest BCUT2D eigenvalue weighted by Gasteiger charge is -2.11. The number of benzene rings is 1. The smallest absolute Gasteiger partial charge is 0.268 e. The standard InChI is InChI=1S/C34H41N5OS/c1-9-11-12-25(7)41-26(8)21-36-33(40)31-20-28-19-29(18-24(6)32(28)38-31)37-34-35-16-15-30(39-34)27(17-22(3)4)14-13-23(5)10-2/h9-12,15-20,38H,3,8,13-14,21H2,1-2,4-7H3,(H,36,40)(H,35,37,39). The van der Waals surface area contributed by atoms with E-state index in [1.165, 1.54) is 5.57 Å². The summed E-state index contributed by atoms with van der Waals surface area (Å²) in [5.74, 6) is 0.341. The largest absolute Gasteiger partial charge is 0.350 e. The molecule has 0 atom stereocenters. The molecule has 2 aromatic heterocycles. The van der Waals surface area contributed by atoms with Gasteiger partial charge in [0.05, 0.1) is 5.69 Å². The molecule has 0 unspecified atom stereocenters. The zero-order valence-corrected chi connectivity index (χ0v) is 25.8. The molecule has 3 rings (SSSR count). The molecule has 0 spiro atoms. The number of hydrogen-bond acceptors (Lipinski definition) is 5. The minimum Gasteiger partial charge on any atom is -0.350 e. The van der Waals surface area contributed by atoms with Gasteiger partial charge in [0.2, 0.25) is 5.95 Å². The molecule has 0 aliphatic carbocycles. The molecule has 214 valence electrons. The van der Waals surface area contributed by atoms with E-state index >= 15 is 0 Å². The van der Waals surface area contributed by atoms with Crippen molar-refractivity contribution in [2.45, 2.75) is 54.4 Å². The van der Waals surface area contributed by atoms with E-state index in [0.29, 0.717) is 18.2 Å². The molecule has 3 N–H and O–H groups in total. The number of fused-ring (bicyclic) bond motifs is 1. The second kappa shape index (κ2) is 15.1. The average molecular weight is 568 g/mol. The number of amides is 1. The van der Waals surface area contributed by atoms with Crippen molar-refractivity contribution >= 4 is 45.8 Å². The lowest BCUT2D eigenvalue weighted by Crippen LogP contribution is -2.25. The van der Waals surface area contributed by atoms with Gasteiger partial charge < -0.3 is 15.6 Å². The van der Waals surface area contributed by atoms with Gasteiger partial charge in [0.25, 0.3) is 5.91 Å². The van der Waals surface area contributed by atoms with Gasteiger partial charge in [-0.3, -0.25) is 4.79 Å². The topological polar surface area (TPSA) is 82.7 Å². The summed E-state index contributed by atoms with van der Waals surface area (Å²) in [6.45, 7) is 20.7. The molecular weight excluding hydrogens is 526 g/mol. The Morgan fingerprint density at radius 2 is 1.90 bits per heavy atom. The van der Waals surface area contributed by atoms with Crippen LogP contribution in [0.25, 0.3) is 16.5 Å². The number of anilines is 2. The second-order valence-electron chi connectivity index (χ2n) is 10.1. The number of thioether (sulfide) groups is 1. The molecule has 1 aromatic carbocycles. The van der Waals surface area contributed by atoms with Crippen LogP contribution in [0.5, 0.6) is 0 Å². The number of aryl methyl sites for hydroxylation is 1. The van der Waals surface area contributed by atoms with Crippen molar-refractivity contribution in [1.82, 2.24) is 20.3 Å². The Kier molecular flexibility index (Phi) is 11.5. The predicted molar refractivity (Wildman–Crippen MR) is 177 cm³/mol. The molecule has 0 aliphatic rings. The molecule has 0 fully saturated rings. The van der Waals surface area contributed by atoms with E-state index < -0.39 is 0 Å². The maximum atomic E-state index is 12.9. The van der Waals surface area contributed by atoms with Gasteiger partial charge in [-0.15, -0.1) is 0 Å². The van der Waals surface area contributed by atoms with Crippen molar-refractivity contribution in [2.24, 2.45) is 0 Å². The number of H-pyrrole nitrogens is 1. The molecule has 2 heterocycles. The minimum atomic E-state index is -0.173. The van der Waals surface area contributed by atoms with Crippen LogP contribution in [0.3, 0.4) is 0 Å². The first-order chi connectivity index (χ1) is 19.6.